The number of nitrogens with zero attached hydrogens (tertiary/aromatic N) is 3. The first-order valence-corrected chi connectivity index (χ1v) is 12.0. The summed E-state index contributed by atoms with van der Waals surface area (Å²) in [5.74, 6) is -0.326. The van der Waals surface area contributed by atoms with Crippen molar-refractivity contribution in [3.8, 4) is 11.3 Å². The highest BCUT2D eigenvalue weighted by atomic mass is 35.5. The minimum atomic E-state index is -3.54. The van der Waals surface area contributed by atoms with Crippen molar-refractivity contribution in [3.05, 3.63) is 76.4 Å². The van der Waals surface area contributed by atoms with E-state index < -0.39 is 10.2 Å². The van der Waals surface area contributed by atoms with Crippen LogP contribution >= 0.6 is 23.2 Å². The van der Waals surface area contributed by atoms with E-state index in [-0.39, 0.29) is 5.91 Å². The van der Waals surface area contributed by atoms with Crippen molar-refractivity contribution < 1.29 is 13.2 Å². The van der Waals surface area contributed by atoms with Crippen molar-refractivity contribution in [1.82, 2.24) is 9.29 Å². The second-order valence-corrected chi connectivity index (χ2v) is 10.1. The Hall–Kier alpha value is -2.65. The van der Waals surface area contributed by atoms with Gasteiger partial charge < -0.3 is 5.32 Å². The molecule has 1 N–H and O–H groups in total. The quantitative estimate of drug-likeness (QED) is 0.574. The maximum Gasteiger partial charge on any atom is 0.303 e. The molecule has 1 aliphatic rings. The lowest BCUT2D eigenvalue weighted by Crippen LogP contribution is -2.47. The summed E-state index contributed by atoms with van der Waals surface area (Å²) in [5, 5.41) is 3.85. The van der Waals surface area contributed by atoms with Gasteiger partial charge in [0.15, 0.2) is 0 Å². The number of nitrogens with one attached hydrogen (secondary N) is 1. The van der Waals surface area contributed by atoms with Gasteiger partial charge in [-0.05, 0) is 61.0 Å². The number of rotatable bonds is 4. The molecule has 0 aliphatic carbocycles. The lowest BCUT2D eigenvalue weighted by Gasteiger charge is -2.33. The number of aromatic nitrogens is 1. The first-order chi connectivity index (χ1) is 15.3. The molecule has 0 spiro atoms. The zero-order valence-corrected chi connectivity index (χ0v) is 19.5. The van der Waals surface area contributed by atoms with Gasteiger partial charge in [0.1, 0.15) is 0 Å². The van der Waals surface area contributed by atoms with Crippen molar-refractivity contribution in [2.75, 3.05) is 29.8 Å². The van der Waals surface area contributed by atoms with Gasteiger partial charge in [0.2, 0.25) is 0 Å². The zero-order valence-electron chi connectivity index (χ0n) is 17.1. The van der Waals surface area contributed by atoms with Gasteiger partial charge in [-0.15, -0.1) is 0 Å². The molecule has 166 valence electrons. The Kier molecular flexibility index (Phi) is 6.39. The molecule has 3 aromatic rings. The Morgan fingerprint density at radius 3 is 2.47 bits per heavy atom. The number of amides is 1. The second kappa shape index (κ2) is 9.07. The largest absolute Gasteiger partial charge is 0.322 e. The molecular formula is C22H20Cl2N4O3S. The fourth-order valence-corrected chi connectivity index (χ4v) is 5.19. The van der Waals surface area contributed by atoms with Crippen LogP contribution < -0.4 is 9.62 Å². The predicted octanol–water partition coefficient (Wildman–Crippen LogP) is 4.69. The number of carbonyl (C=O) groups excluding carboxylic acids is 1. The topological polar surface area (TPSA) is 82.6 Å². The van der Waals surface area contributed by atoms with Crippen LogP contribution in [0.1, 0.15) is 16.8 Å². The highest BCUT2D eigenvalue weighted by Crippen LogP contribution is 2.30. The van der Waals surface area contributed by atoms with Crippen molar-refractivity contribution in [1.29, 1.82) is 0 Å². The summed E-state index contributed by atoms with van der Waals surface area (Å²) < 4.78 is 27.7. The molecule has 1 fully saturated rings. The standard InChI is InChI=1S/C22H20Cl2N4O3S/c1-27-11-2-12-28(32(27,30)31)18-7-3-15(4-8-18)22(29)26-17-6-9-20(24)19(13-17)21-10-5-16(23)14-25-21/h3-10,13-14H,2,11-12H2,1H3,(H,26,29). The number of hydrogen-bond acceptors (Lipinski definition) is 4. The normalized spacial score (nSPS) is 16.0. The van der Waals surface area contributed by atoms with Crippen LogP contribution in [0.3, 0.4) is 0 Å². The van der Waals surface area contributed by atoms with Crippen molar-refractivity contribution in [2.24, 2.45) is 0 Å². The minimum absolute atomic E-state index is 0.326. The van der Waals surface area contributed by atoms with E-state index in [1.807, 2.05) is 0 Å². The first kappa shape index (κ1) is 22.5. The second-order valence-electron chi connectivity index (χ2n) is 7.31. The molecule has 2 heterocycles. The molecule has 1 aromatic heterocycles. The van der Waals surface area contributed by atoms with Crippen LogP contribution in [0, 0.1) is 0 Å². The maximum atomic E-state index is 12.7. The van der Waals surface area contributed by atoms with E-state index in [1.54, 1.807) is 61.6 Å². The van der Waals surface area contributed by atoms with Gasteiger partial charge in [0.05, 0.1) is 21.4 Å². The van der Waals surface area contributed by atoms with Gasteiger partial charge >= 0.3 is 10.2 Å². The monoisotopic (exact) mass is 490 g/mol. The Labute approximate surface area is 196 Å². The molecule has 4 rings (SSSR count). The SMILES string of the molecule is CN1CCCN(c2ccc(C(=O)Nc3ccc(Cl)c(-c4ccc(Cl)cn4)c3)cc2)S1(=O)=O. The van der Waals surface area contributed by atoms with E-state index in [2.05, 4.69) is 10.3 Å². The van der Waals surface area contributed by atoms with Crippen LogP contribution in [0.2, 0.25) is 10.0 Å². The summed E-state index contributed by atoms with van der Waals surface area (Å²) in [6, 6.07) is 15.1. The van der Waals surface area contributed by atoms with Crippen molar-refractivity contribution in [3.63, 3.8) is 0 Å². The van der Waals surface area contributed by atoms with Gasteiger partial charge in [0, 0.05) is 43.1 Å². The third-order valence-electron chi connectivity index (χ3n) is 5.15. The van der Waals surface area contributed by atoms with E-state index in [0.717, 1.165) is 6.42 Å². The molecule has 0 saturated carbocycles. The van der Waals surface area contributed by atoms with E-state index in [4.69, 9.17) is 23.2 Å². The van der Waals surface area contributed by atoms with Crippen LogP contribution in [0.15, 0.2) is 60.8 Å². The highest BCUT2D eigenvalue weighted by Gasteiger charge is 2.31. The van der Waals surface area contributed by atoms with Crippen LogP contribution in [-0.2, 0) is 10.2 Å². The Balaban J connectivity index is 1.52. The molecule has 1 aliphatic heterocycles. The average molecular weight is 491 g/mol. The molecule has 0 atom stereocenters. The van der Waals surface area contributed by atoms with Crippen molar-refractivity contribution >= 4 is 50.7 Å². The average Bonchev–Trinajstić information content (AvgIpc) is 2.78. The van der Waals surface area contributed by atoms with Crippen LogP contribution in [0.5, 0.6) is 0 Å². The summed E-state index contributed by atoms with van der Waals surface area (Å²) in [6.07, 6.45) is 2.26. The van der Waals surface area contributed by atoms with Gasteiger partial charge in [-0.2, -0.15) is 12.7 Å². The molecule has 1 saturated heterocycles. The third kappa shape index (κ3) is 4.59. The van der Waals surface area contributed by atoms with E-state index in [0.29, 0.717) is 51.3 Å². The molecule has 32 heavy (non-hydrogen) atoms. The predicted molar refractivity (Wildman–Crippen MR) is 128 cm³/mol. The highest BCUT2D eigenvalue weighted by molar-refractivity contribution is 7.90. The van der Waals surface area contributed by atoms with Gasteiger partial charge in [-0.1, -0.05) is 23.2 Å². The molecule has 0 bridgehead atoms. The minimum Gasteiger partial charge on any atom is -0.322 e. The summed E-state index contributed by atoms with van der Waals surface area (Å²) in [7, 11) is -1.98. The molecule has 10 heteroatoms. The number of hydrogen-bond donors (Lipinski definition) is 1. The Morgan fingerprint density at radius 2 is 1.78 bits per heavy atom. The van der Waals surface area contributed by atoms with Crippen LogP contribution in [0.25, 0.3) is 11.3 Å². The van der Waals surface area contributed by atoms with E-state index in [9.17, 15) is 13.2 Å². The summed E-state index contributed by atoms with van der Waals surface area (Å²) in [6.45, 7) is 0.901. The van der Waals surface area contributed by atoms with Gasteiger partial charge in [-0.3, -0.25) is 14.1 Å². The van der Waals surface area contributed by atoms with E-state index >= 15 is 0 Å². The molecule has 1 amide bonds. The third-order valence-corrected chi connectivity index (χ3v) is 7.63. The fourth-order valence-electron chi connectivity index (χ4n) is 3.42. The molecule has 0 radical (unpaired) electrons. The molecule has 0 unspecified atom stereocenters. The molecule has 7 nitrogen and oxygen atoms in total. The fraction of sp³-hybridized carbons (Fsp3) is 0.182. The molecule has 2 aromatic carbocycles. The number of pyridine rings is 1. The van der Waals surface area contributed by atoms with Gasteiger partial charge in [-0.25, -0.2) is 0 Å². The Bertz CT molecular complexity index is 1250. The van der Waals surface area contributed by atoms with Crippen LogP contribution in [0.4, 0.5) is 11.4 Å². The van der Waals surface area contributed by atoms with Crippen molar-refractivity contribution in [2.45, 2.75) is 6.42 Å². The Morgan fingerprint density at radius 1 is 1.03 bits per heavy atom. The smallest absolute Gasteiger partial charge is 0.303 e. The molecular weight excluding hydrogens is 471 g/mol. The summed E-state index contributed by atoms with van der Waals surface area (Å²) in [4.78, 5) is 17.0. The number of halogens is 2. The lowest BCUT2D eigenvalue weighted by molar-refractivity contribution is 0.102. The first-order valence-electron chi connectivity index (χ1n) is 9.82. The number of anilines is 2. The summed E-state index contributed by atoms with van der Waals surface area (Å²) >= 11 is 12.2. The number of benzene rings is 2. The van der Waals surface area contributed by atoms with Crippen LogP contribution in [-0.4, -0.2) is 43.8 Å². The van der Waals surface area contributed by atoms with E-state index in [1.165, 1.54) is 14.8 Å². The summed E-state index contributed by atoms with van der Waals surface area (Å²) in [5.41, 5.74) is 2.77. The maximum absolute atomic E-state index is 12.7. The lowest BCUT2D eigenvalue weighted by atomic mass is 10.1. The number of carbonyl (C=O) groups is 1. The van der Waals surface area contributed by atoms with Gasteiger partial charge in [0.25, 0.3) is 5.91 Å². The zero-order chi connectivity index (χ0) is 22.9.